The average molecular weight is 358 g/mol. The zero-order chi connectivity index (χ0) is 19.1. The Hall–Kier alpha value is -3.49. The molecule has 0 bridgehead atoms. The molecule has 0 unspecified atom stereocenters. The minimum atomic E-state index is -1.12. The molecule has 0 saturated heterocycles. The van der Waals surface area contributed by atoms with Crippen molar-refractivity contribution in [1.82, 2.24) is 15.6 Å². The highest BCUT2D eigenvalue weighted by atomic mass is 16.6. The maximum atomic E-state index is 12.0. The summed E-state index contributed by atoms with van der Waals surface area (Å²) in [6.45, 7) is 3.23. The van der Waals surface area contributed by atoms with Crippen molar-refractivity contribution in [2.75, 3.05) is 0 Å². The van der Waals surface area contributed by atoms with Crippen LogP contribution in [0.4, 0.5) is 10.6 Å². The first-order valence-electron chi connectivity index (χ1n) is 7.78. The molecule has 0 aliphatic rings. The van der Waals surface area contributed by atoms with Crippen LogP contribution in [-0.4, -0.2) is 27.9 Å². The number of aryl methyl sites for hydroxylation is 1. The maximum absolute atomic E-state index is 12.0. The van der Waals surface area contributed by atoms with Gasteiger partial charge in [-0.25, -0.2) is 4.79 Å². The molecular formula is C17H18N4O5. The van der Waals surface area contributed by atoms with Crippen LogP contribution in [0.1, 0.15) is 18.2 Å². The zero-order valence-electron chi connectivity index (χ0n) is 14.3. The molecular weight excluding hydrogens is 340 g/mol. The standard InChI is InChI=1S/C17H18N4O5/c1-11-8-9-14(15(19-11)21(24)25)26-12(2)16(22)20-17(23)18-10-13-6-4-3-5-7-13/h3-9,12H,10H2,1-2H3,(H2,18,20,22,23)/t12-/m1/s1. The number of pyridine rings is 1. The molecule has 9 nitrogen and oxygen atoms in total. The summed E-state index contributed by atoms with van der Waals surface area (Å²) in [7, 11) is 0. The number of imide groups is 1. The Morgan fingerprint density at radius 1 is 1.23 bits per heavy atom. The summed E-state index contributed by atoms with van der Waals surface area (Å²) < 4.78 is 5.29. The van der Waals surface area contributed by atoms with Crippen molar-refractivity contribution in [2.24, 2.45) is 0 Å². The molecule has 26 heavy (non-hydrogen) atoms. The van der Waals surface area contributed by atoms with Gasteiger partial charge in [0.25, 0.3) is 5.91 Å². The molecule has 1 aromatic heterocycles. The van der Waals surface area contributed by atoms with Crippen LogP contribution in [0.5, 0.6) is 5.75 Å². The molecule has 9 heteroatoms. The normalized spacial score (nSPS) is 11.3. The minimum absolute atomic E-state index is 0.145. The first kappa shape index (κ1) is 18.8. The van der Waals surface area contributed by atoms with E-state index in [1.165, 1.54) is 19.1 Å². The molecule has 2 N–H and O–H groups in total. The lowest BCUT2D eigenvalue weighted by molar-refractivity contribution is -0.390. The summed E-state index contributed by atoms with van der Waals surface area (Å²) in [5.41, 5.74) is 1.32. The molecule has 1 aromatic carbocycles. The number of nitrogens with zero attached hydrogens (tertiary/aromatic N) is 2. The van der Waals surface area contributed by atoms with E-state index >= 15 is 0 Å². The quantitative estimate of drug-likeness (QED) is 0.602. The fraction of sp³-hybridized carbons (Fsp3) is 0.235. The van der Waals surface area contributed by atoms with Crippen LogP contribution in [0, 0.1) is 17.0 Å². The monoisotopic (exact) mass is 358 g/mol. The van der Waals surface area contributed by atoms with Crippen LogP contribution < -0.4 is 15.4 Å². The fourth-order valence-corrected chi connectivity index (χ4v) is 2.03. The maximum Gasteiger partial charge on any atom is 0.406 e. The molecule has 2 rings (SSSR count). The lowest BCUT2D eigenvalue weighted by Crippen LogP contribution is -2.44. The number of nitrogens with one attached hydrogen (secondary N) is 2. The Bertz CT molecular complexity index is 810. The Kier molecular flexibility index (Phi) is 6.20. The lowest BCUT2D eigenvalue weighted by Gasteiger charge is -2.14. The van der Waals surface area contributed by atoms with Gasteiger partial charge in [0.15, 0.2) is 6.10 Å². The van der Waals surface area contributed by atoms with Gasteiger partial charge in [0, 0.05) is 13.5 Å². The van der Waals surface area contributed by atoms with Gasteiger partial charge in [-0.2, -0.15) is 0 Å². The summed E-state index contributed by atoms with van der Waals surface area (Å²) in [5, 5.41) is 15.7. The van der Waals surface area contributed by atoms with Crippen molar-refractivity contribution in [3.8, 4) is 5.75 Å². The van der Waals surface area contributed by atoms with Crippen LogP contribution in [0.3, 0.4) is 0 Å². The summed E-state index contributed by atoms with van der Waals surface area (Å²) in [6.07, 6.45) is -1.12. The predicted molar refractivity (Wildman–Crippen MR) is 92.5 cm³/mol. The van der Waals surface area contributed by atoms with Gasteiger partial charge in [0.05, 0.1) is 0 Å². The third-order valence-electron chi connectivity index (χ3n) is 3.36. The van der Waals surface area contributed by atoms with Gasteiger partial charge in [-0.1, -0.05) is 30.3 Å². The van der Waals surface area contributed by atoms with Crippen molar-refractivity contribution in [2.45, 2.75) is 26.5 Å². The van der Waals surface area contributed by atoms with Gasteiger partial charge >= 0.3 is 11.8 Å². The number of nitro groups is 1. The Morgan fingerprint density at radius 2 is 1.92 bits per heavy atom. The van der Waals surface area contributed by atoms with Gasteiger partial charge < -0.3 is 20.2 Å². The van der Waals surface area contributed by atoms with Gasteiger partial charge in [-0.15, -0.1) is 0 Å². The number of carbonyl (C=O) groups excluding carboxylic acids is 2. The molecule has 136 valence electrons. The van der Waals surface area contributed by atoms with Crippen molar-refractivity contribution >= 4 is 17.8 Å². The van der Waals surface area contributed by atoms with Gasteiger partial charge in [-0.3, -0.25) is 10.1 Å². The Morgan fingerprint density at radius 3 is 2.58 bits per heavy atom. The largest absolute Gasteiger partial charge is 0.473 e. The van der Waals surface area contributed by atoms with Gasteiger partial charge in [0.2, 0.25) is 5.75 Å². The summed E-state index contributed by atoms with van der Waals surface area (Å²) >= 11 is 0. The van der Waals surface area contributed by atoms with Crippen molar-refractivity contribution in [3.63, 3.8) is 0 Å². The number of hydrogen-bond donors (Lipinski definition) is 2. The Labute approximate surface area is 149 Å². The van der Waals surface area contributed by atoms with E-state index < -0.39 is 28.8 Å². The number of hydrogen-bond acceptors (Lipinski definition) is 6. The smallest absolute Gasteiger partial charge is 0.406 e. The third kappa shape index (κ3) is 5.26. The molecule has 0 aliphatic heterocycles. The molecule has 0 spiro atoms. The first-order valence-corrected chi connectivity index (χ1v) is 7.78. The van der Waals surface area contributed by atoms with Crippen LogP contribution >= 0.6 is 0 Å². The van der Waals surface area contributed by atoms with E-state index in [-0.39, 0.29) is 12.3 Å². The van der Waals surface area contributed by atoms with Crippen LogP contribution in [0.25, 0.3) is 0 Å². The van der Waals surface area contributed by atoms with Crippen molar-refractivity contribution in [1.29, 1.82) is 0 Å². The number of urea groups is 1. The van der Waals surface area contributed by atoms with E-state index in [0.29, 0.717) is 5.69 Å². The second kappa shape index (κ2) is 8.56. The summed E-state index contributed by atoms with van der Waals surface area (Å²) in [5.74, 6) is -1.36. The Balaban J connectivity index is 1.91. The molecule has 3 amide bonds. The number of benzene rings is 1. The minimum Gasteiger partial charge on any atom is -0.473 e. The third-order valence-corrected chi connectivity index (χ3v) is 3.36. The summed E-state index contributed by atoms with van der Waals surface area (Å²) in [6, 6.07) is 11.4. The van der Waals surface area contributed by atoms with Crippen LogP contribution in [0.2, 0.25) is 0 Å². The van der Waals surface area contributed by atoms with Gasteiger partial charge in [0.1, 0.15) is 5.69 Å². The number of carbonyl (C=O) groups is 2. The first-order chi connectivity index (χ1) is 12.4. The van der Waals surface area contributed by atoms with Crippen LogP contribution in [0.15, 0.2) is 42.5 Å². The zero-order valence-corrected chi connectivity index (χ0v) is 14.3. The SMILES string of the molecule is Cc1ccc(O[C@H](C)C(=O)NC(=O)NCc2ccccc2)c([N+](=O)[O-])n1. The highest BCUT2D eigenvalue weighted by Gasteiger charge is 2.23. The fourth-order valence-electron chi connectivity index (χ4n) is 2.03. The lowest BCUT2D eigenvalue weighted by atomic mass is 10.2. The number of aromatic nitrogens is 1. The highest BCUT2D eigenvalue weighted by molar-refractivity contribution is 5.96. The number of ether oxygens (including phenoxy) is 1. The van der Waals surface area contributed by atoms with Crippen LogP contribution in [-0.2, 0) is 11.3 Å². The van der Waals surface area contributed by atoms with E-state index in [9.17, 15) is 19.7 Å². The van der Waals surface area contributed by atoms with Gasteiger partial charge in [-0.05, 0) is 34.5 Å². The van der Waals surface area contributed by atoms with E-state index in [0.717, 1.165) is 5.56 Å². The van der Waals surface area contributed by atoms with Crippen molar-refractivity contribution < 1.29 is 19.2 Å². The second-order valence-corrected chi connectivity index (χ2v) is 5.45. The number of rotatable bonds is 6. The number of amides is 3. The second-order valence-electron chi connectivity index (χ2n) is 5.45. The molecule has 1 atom stereocenters. The predicted octanol–water partition coefficient (Wildman–Crippen LogP) is 2.09. The molecule has 1 heterocycles. The van der Waals surface area contributed by atoms with E-state index in [1.807, 2.05) is 30.3 Å². The molecule has 0 fully saturated rings. The molecule has 0 aliphatic carbocycles. The molecule has 0 saturated carbocycles. The topological polar surface area (TPSA) is 123 Å². The summed E-state index contributed by atoms with van der Waals surface area (Å²) in [4.78, 5) is 37.9. The van der Waals surface area contributed by atoms with Crippen molar-refractivity contribution in [3.05, 3.63) is 63.8 Å². The average Bonchev–Trinajstić information content (AvgIpc) is 2.62. The molecule has 0 radical (unpaired) electrons. The highest BCUT2D eigenvalue weighted by Crippen LogP contribution is 2.25. The van der Waals surface area contributed by atoms with E-state index in [4.69, 9.17) is 4.74 Å². The van der Waals surface area contributed by atoms with E-state index in [1.54, 1.807) is 6.92 Å². The van der Waals surface area contributed by atoms with E-state index in [2.05, 4.69) is 15.6 Å². The molecule has 2 aromatic rings.